The lowest BCUT2D eigenvalue weighted by Gasteiger charge is -2.31. The number of halogens is 2. The van der Waals surface area contributed by atoms with Gasteiger partial charge in [-0.3, -0.25) is 9.59 Å². The topological polar surface area (TPSA) is 40.6 Å². The number of carbonyl (C=O) groups is 2. The molecule has 0 radical (unpaired) electrons. The van der Waals surface area contributed by atoms with Crippen molar-refractivity contribution in [3.63, 3.8) is 0 Å². The summed E-state index contributed by atoms with van der Waals surface area (Å²) in [6.07, 6.45) is 0.735. The first-order valence-electron chi connectivity index (χ1n) is 10.5. The molecule has 0 aliphatic heterocycles. The Bertz CT molecular complexity index is 1020. The molecule has 0 fully saturated rings. The zero-order valence-corrected chi connectivity index (χ0v) is 20.5. The number of carbonyl (C=O) groups excluding carboxylic acids is 2. The first-order valence-corrected chi connectivity index (χ1v) is 12.2. The maximum absolute atomic E-state index is 13.4. The van der Waals surface area contributed by atoms with Gasteiger partial charge in [-0.05, 0) is 66.8 Å². The van der Waals surface area contributed by atoms with E-state index in [4.69, 9.17) is 0 Å². The van der Waals surface area contributed by atoms with Crippen molar-refractivity contribution in [2.45, 2.75) is 39.4 Å². The Labute approximate surface area is 200 Å². The lowest BCUT2D eigenvalue weighted by atomic mass is 10.1. The van der Waals surface area contributed by atoms with Gasteiger partial charge in [-0.2, -0.15) is 0 Å². The maximum Gasteiger partial charge on any atom is 0.254 e. The molecule has 2 amide bonds. The van der Waals surface area contributed by atoms with Gasteiger partial charge in [-0.1, -0.05) is 41.1 Å². The number of rotatable bonds is 9. The number of nitrogens with zero attached hydrogens (tertiary/aromatic N) is 2. The molecule has 3 rings (SSSR count). The second-order valence-electron chi connectivity index (χ2n) is 7.65. The van der Waals surface area contributed by atoms with Crippen molar-refractivity contribution in [2.24, 2.45) is 0 Å². The van der Waals surface area contributed by atoms with E-state index in [1.807, 2.05) is 43.5 Å². The normalized spacial score (nSPS) is 11.8. The van der Waals surface area contributed by atoms with Gasteiger partial charge in [-0.25, -0.2) is 4.39 Å². The number of hydrogen-bond acceptors (Lipinski definition) is 3. The van der Waals surface area contributed by atoms with Crippen molar-refractivity contribution in [3.05, 3.63) is 92.3 Å². The van der Waals surface area contributed by atoms with Crippen molar-refractivity contribution in [2.75, 3.05) is 6.54 Å². The zero-order valence-electron chi connectivity index (χ0n) is 18.1. The molecule has 168 valence electrons. The minimum Gasteiger partial charge on any atom is -0.332 e. The average molecular weight is 517 g/mol. The molecular weight excluding hydrogens is 491 g/mol. The predicted molar refractivity (Wildman–Crippen MR) is 130 cm³/mol. The van der Waals surface area contributed by atoms with Gasteiger partial charge >= 0.3 is 0 Å². The Morgan fingerprint density at radius 2 is 1.72 bits per heavy atom. The van der Waals surface area contributed by atoms with Crippen LogP contribution in [0.5, 0.6) is 0 Å². The number of hydrogen-bond donors (Lipinski definition) is 0. The Balaban J connectivity index is 1.82. The molecule has 4 nitrogen and oxygen atoms in total. The van der Waals surface area contributed by atoms with Crippen LogP contribution in [0.4, 0.5) is 4.39 Å². The third kappa shape index (κ3) is 6.50. The van der Waals surface area contributed by atoms with Crippen LogP contribution in [0, 0.1) is 5.82 Å². The molecule has 0 aliphatic rings. The van der Waals surface area contributed by atoms with E-state index < -0.39 is 0 Å². The van der Waals surface area contributed by atoms with Gasteiger partial charge in [0, 0.05) is 27.5 Å². The minimum absolute atomic E-state index is 0.0174. The van der Waals surface area contributed by atoms with E-state index >= 15 is 0 Å². The SMILES string of the molecule is CCC(C)N(CC(=O)N(Cc1ccc(F)cc1)Cc1cccs1)C(=O)c1ccc(Br)cc1. The van der Waals surface area contributed by atoms with Crippen LogP contribution in [0.25, 0.3) is 0 Å². The van der Waals surface area contributed by atoms with Crippen molar-refractivity contribution in [3.8, 4) is 0 Å². The van der Waals surface area contributed by atoms with Gasteiger partial charge in [0.25, 0.3) is 5.91 Å². The Morgan fingerprint density at radius 3 is 2.31 bits per heavy atom. The second kappa shape index (κ2) is 11.4. The van der Waals surface area contributed by atoms with E-state index in [0.29, 0.717) is 18.7 Å². The molecule has 1 atom stereocenters. The van der Waals surface area contributed by atoms with Crippen LogP contribution in [-0.4, -0.2) is 34.2 Å². The van der Waals surface area contributed by atoms with Gasteiger partial charge in [0.2, 0.25) is 5.91 Å². The van der Waals surface area contributed by atoms with Crippen molar-refractivity contribution >= 4 is 39.1 Å². The summed E-state index contributed by atoms with van der Waals surface area (Å²) >= 11 is 4.97. The number of thiophene rings is 1. The molecule has 0 N–H and O–H groups in total. The van der Waals surface area contributed by atoms with Crippen LogP contribution in [-0.2, 0) is 17.9 Å². The molecule has 2 aromatic carbocycles. The van der Waals surface area contributed by atoms with Gasteiger partial charge in [-0.15, -0.1) is 11.3 Å². The van der Waals surface area contributed by atoms with E-state index in [0.717, 1.165) is 21.3 Å². The maximum atomic E-state index is 13.4. The molecule has 0 bridgehead atoms. The van der Waals surface area contributed by atoms with E-state index in [1.54, 1.807) is 45.4 Å². The fourth-order valence-corrected chi connectivity index (χ4v) is 4.27. The van der Waals surface area contributed by atoms with Gasteiger partial charge in [0.05, 0.1) is 6.54 Å². The lowest BCUT2D eigenvalue weighted by molar-refractivity contribution is -0.133. The summed E-state index contributed by atoms with van der Waals surface area (Å²) in [5.41, 5.74) is 1.38. The van der Waals surface area contributed by atoms with E-state index in [1.165, 1.54) is 12.1 Å². The first-order chi connectivity index (χ1) is 15.4. The van der Waals surface area contributed by atoms with Gasteiger partial charge < -0.3 is 9.80 Å². The molecule has 7 heteroatoms. The number of benzene rings is 2. The van der Waals surface area contributed by atoms with Crippen LogP contribution in [0.1, 0.15) is 41.1 Å². The molecule has 0 aliphatic carbocycles. The van der Waals surface area contributed by atoms with Crippen LogP contribution in [0.3, 0.4) is 0 Å². The van der Waals surface area contributed by atoms with Crippen molar-refractivity contribution < 1.29 is 14.0 Å². The molecule has 0 saturated heterocycles. The van der Waals surface area contributed by atoms with Crippen LogP contribution in [0.15, 0.2) is 70.5 Å². The van der Waals surface area contributed by atoms with Crippen LogP contribution < -0.4 is 0 Å². The minimum atomic E-state index is -0.312. The highest BCUT2D eigenvalue weighted by Crippen LogP contribution is 2.18. The van der Waals surface area contributed by atoms with Crippen LogP contribution in [0.2, 0.25) is 0 Å². The van der Waals surface area contributed by atoms with Crippen LogP contribution >= 0.6 is 27.3 Å². The standard InChI is InChI=1S/C25H26BrFN2O2S/c1-3-18(2)29(25(31)20-8-10-21(26)11-9-20)17-24(30)28(16-23-5-4-14-32-23)15-19-6-12-22(27)13-7-19/h4-14,18H,3,15-17H2,1-2H3. The fourth-order valence-electron chi connectivity index (χ4n) is 3.29. The third-order valence-electron chi connectivity index (χ3n) is 5.35. The third-order valence-corrected chi connectivity index (χ3v) is 6.74. The molecule has 1 unspecified atom stereocenters. The van der Waals surface area contributed by atoms with E-state index in [-0.39, 0.29) is 30.2 Å². The molecule has 0 spiro atoms. The summed E-state index contributed by atoms with van der Waals surface area (Å²) < 4.78 is 14.2. The highest BCUT2D eigenvalue weighted by molar-refractivity contribution is 9.10. The summed E-state index contributed by atoms with van der Waals surface area (Å²) in [5, 5.41) is 1.97. The molecule has 0 saturated carbocycles. The highest BCUT2D eigenvalue weighted by Gasteiger charge is 2.26. The first kappa shape index (κ1) is 24.1. The zero-order chi connectivity index (χ0) is 23.1. The Kier molecular flexibility index (Phi) is 8.59. The summed E-state index contributed by atoms with van der Waals surface area (Å²) in [5.74, 6) is -0.625. The smallest absolute Gasteiger partial charge is 0.254 e. The van der Waals surface area contributed by atoms with Gasteiger partial charge in [0.1, 0.15) is 12.4 Å². The Morgan fingerprint density at radius 1 is 1.03 bits per heavy atom. The molecule has 32 heavy (non-hydrogen) atoms. The summed E-state index contributed by atoms with van der Waals surface area (Å²) in [6.45, 7) is 4.72. The molecule has 3 aromatic rings. The average Bonchev–Trinajstić information content (AvgIpc) is 3.31. The summed E-state index contributed by atoms with van der Waals surface area (Å²) in [7, 11) is 0. The van der Waals surface area contributed by atoms with Gasteiger partial charge in [0.15, 0.2) is 0 Å². The molecule has 1 aromatic heterocycles. The lowest BCUT2D eigenvalue weighted by Crippen LogP contribution is -2.46. The van der Waals surface area contributed by atoms with E-state index in [2.05, 4.69) is 15.9 Å². The van der Waals surface area contributed by atoms with Crippen molar-refractivity contribution in [1.29, 1.82) is 0 Å². The second-order valence-corrected chi connectivity index (χ2v) is 9.60. The summed E-state index contributed by atoms with van der Waals surface area (Å²) in [4.78, 5) is 31.1. The largest absolute Gasteiger partial charge is 0.332 e. The predicted octanol–water partition coefficient (Wildman–Crippen LogP) is 6.12. The molecule has 1 heterocycles. The van der Waals surface area contributed by atoms with E-state index in [9.17, 15) is 14.0 Å². The van der Waals surface area contributed by atoms with Crippen molar-refractivity contribution in [1.82, 2.24) is 9.80 Å². The summed E-state index contributed by atoms with van der Waals surface area (Å²) in [6, 6.07) is 17.2. The highest BCUT2D eigenvalue weighted by atomic mass is 79.9. The number of amides is 2. The Hall–Kier alpha value is -2.51. The quantitative estimate of drug-likeness (QED) is 0.343. The fraction of sp³-hybridized carbons (Fsp3) is 0.280. The molecular formula is C25H26BrFN2O2S. The monoisotopic (exact) mass is 516 g/mol.